The molecular formula is C22H34F3N3O4S. The van der Waals surface area contributed by atoms with E-state index < -0.39 is 47.0 Å². The molecule has 7 nitrogen and oxygen atoms in total. The van der Waals surface area contributed by atoms with Gasteiger partial charge in [0, 0.05) is 12.6 Å². The first-order valence-electron chi connectivity index (χ1n) is 10.1. The minimum absolute atomic E-state index is 0.120. The maximum atomic E-state index is 14.4. The minimum Gasteiger partial charge on any atom is -0.494 e. The molecule has 1 aromatic rings. The number of terminal acetylenes is 1. The molecule has 0 saturated carbocycles. The Labute approximate surface area is 196 Å². The number of aliphatic hydroxyl groups is 2. The molecule has 188 valence electrons. The van der Waals surface area contributed by atoms with Crippen molar-refractivity contribution >= 4 is 22.5 Å². The molecule has 11 heteroatoms. The van der Waals surface area contributed by atoms with Crippen molar-refractivity contribution in [1.29, 1.82) is 0 Å². The van der Waals surface area contributed by atoms with Crippen molar-refractivity contribution in [3.63, 3.8) is 0 Å². The van der Waals surface area contributed by atoms with Crippen molar-refractivity contribution in [2.24, 2.45) is 0 Å². The van der Waals surface area contributed by atoms with Gasteiger partial charge in [-0.25, -0.2) is 22.1 Å². The number of hydrogen-bond donors (Lipinski definition) is 5. The average molecular weight is 494 g/mol. The van der Waals surface area contributed by atoms with E-state index in [0.717, 1.165) is 13.0 Å². The van der Waals surface area contributed by atoms with E-state index in [-0.39, 0.29) is 23.7 Å². The van der Waals surface area contributed by atoms with Gasteiger partial charge in [-0.05, 0) is 26.3 Å². The first kappa shape index (κ1) is 32.7. The molecule has 0 aromatic heterocycles. The summed E-state index contributed by atoms with van der Waals surface area (Å²) in [6, 6.07) is 0.746. The molecule has 33 heavy (non-hydrogen) atoms. The summed E-state index contributed by atoms with van der Waals surface area (Å²) in [4.78, 5) is 0. The van der Waals surface area contributed by atoms with Crippen LogP contribution in [0.25, 0.3) is 0 Å². The highest BCUT2D eigenvalue weighted by Gasteiger charge is 2.22. The number of allylic oxidation sites excluding steroid dienone is 3. The third-order valence-electron chi connectivity index (χ3n) is 3.41. The third-order valence-corrected chi connectivity index (χ3v) is 4.23. The molecule has 0 bridgehead atoms. The Kier molecular flexibility index (Phi) is 18.8. The monoisotopic (exact) mass is 493 g/mol. The van der Waals surface area contributed by atoms with Gasteiger partial charge < -0.3 is 20.3 Å². The van der Waals surface area contributed by atoms with E-state index >= 15 is 0 Å². The number of aliphatic hydroxyl groups excluding tert-OH is 2. The number of rotatable bonds is 11. The molecule has 0 fully saturated rings. The van der Waals surface area contributed by atoms with E-state index in [1.54, 1.807) is 13.0 Å². The normalized spacial score (nSPS) is 12.8. The Morgan fingerprint density at radius 1 is 1.36 bits per heavy atom. The summed E-state index contributed by atoms with van der Waals surface area (Å²) < 4.78 is 64.1. The molecular weight excluding hydrogens is 459 g/mol. The number of anilines is 2. The van der Waals surface area contributed by atoms with E-state index in [2.05, 4.69) is 27.1 Å². The number of ether oxygens (including phenoxy) is 1. The summed E-state index contributed by atoms with van der Waals surface area (Å²) in [6.45, 7) is 7.81. The van der Waals surface area contributed by atoms with E-state index in [0.29, 0.717) is 6.42 Å². The van der Waals surface area contributed by atoms with Crippen molar-refractivity contribution in [3.8, 4) is 18.1 Å². The van der Waals surface area contributed by atoms with Crippen LogP contribution >= 0.6 is 0 Å². The lowest BCUT2D eigenvalue weighted by Gasteiger charge is -2.19. The van der Waals surface area contributed by atoms with Crippen LogP contribution in [0.15, 0.2) is 29.7 Å². The summed E-state index contributed by atoms with van der Waals surface area (Å²) in [6.07, 6.45) is 6.99. The molecule has 5 N–H and O–H groups in total. The minimum atomic E-state index is -2.07. The van der Waals surface area contributed by atoms with Gasteiger partial charge in [-0.2, -0.15) is 0 Å². The molecule has 0 aliphatic heterocycles. The standard InChI is InChI=1S/C17H24F3N3O4S.C3H4.C2H6/c1-4-5-6-13(10(2)18)22-17-15(20)12(19)7-14(27-3)16(17)23-28(26)21-8-11(25)9-24;1-3-2;1-2/h5-7,11,21-25H,4,8-9H2,1-3H3;1H,2H3;1-2H3/b6-5-,13-10-;;. The van der Waals surface area contributed by atoms with Crippen LogP contribution in [-0.2, 0) is 11.2 Å². The predicted molar refractivity (Wildman–Crippen MR) is 128 cm³/mol. The van der Waals surface area contributed by atoms with E-state index in [1.807, 2.05) is 20.8 Å². The number of nitrogens with one attached hydrogen (secondary N) is 3. The van der Waals surface area contributed by atoms with Gasteiger partial charge in [0.15, 0.2) is 22.8 Å². The van der Waals surface area contributed by atoms with Gasteiger partial charge in [-0.1, -0.05) is 26.8 Å². The van der Waals surface area contributed by atoms with Crippen molar-refractivity contribution < 1.29 is 32.3 Å². The Balaban J connectivity index is 0. The second-order valence-corrected chi connectivity index (χ2v) is 6.88. The summed E-state index contributed by atoms with van der Waals surface area (Å²) in [5, 5.41) is 20.5. The molecule has 0 saturated heterocycles. The van der Waals surface area contributed by atoms with E-state index in [4.69, 9.17) is 9.84 Å². The zero-order chi connectivity index (χ0) is 26.0. The summed E-state index contributed by atoms with van der Waals surface area (Å²) >= 11 is -2.07. The van der Waals surface area contributed by atoms with Crippen LogP contribution in [-0.4, -0.2) is 40.8 Å². The molecule has 2 atom stereocenters. The van der Waals surface area contributed by atoms with Crippen molar-refractivity contribution in [1.82, 2.24) is 4.72 Å². The fourth-order valence-electron chi connectivity index (χ4n) is 1.96. The summed E-state index contributed by atoms with van der Waals surface area (Å²) in [5.41, 5.74) is -0.859. The van der Waals surface area contributed by atoms with Crippen molar-refractivity contribution in [3.05, 3.63) is 41.4 Å². The average Bonchev–Trinajstić information content (AvgIpc) is 2.80. The summed E-state index contributed by atoms with van der Waals surface area (Å²) in [5.74, 6) is -1.20. The van der Waals surface area contributed by atoms with Gasteiger partial charge >= 0.3 is 0 Å². The van der Waals surface area contributed by atoms with E-state index in [9.17, 15) is 22.5 Å². The van der Waals surface area contributed by atoms with Crippen molar-refractivity contribution in [2.45, 2.75) is 47.1 Å². The first-order valence-corrected chi connectivity index (χ1v) is 11.3. The van der Waals surface area contributed by atoms with Gasteiger partial charge in [0.05, 0.1) is 25.5 Å². The Bertz CT molecular complexity index is 839. The van der Waals surface area contributed by atoms with Gasteiger partial charge in [-0.15, -0.1) is 12.3 Å². The highest BCUT2D eigenvalue weighted by molar-refractivity contribution is 7.84. The van der Waals surface area contributed by atoms with Crippen LogP contribution in [0.1, 0.15) is 41.0 Å². The SMILES string of the molecule is C#CC.CC.CC/C=C\C(Nc1c(F)c(F)cc(OC)c1NS(=O)NCC(O)CO)=C(/C)F. The van der Waals surface area contributed by atoms with Crippen LogP contribution in [0.3, 0.4) is 0 Å². The lowest BCUT2D eigenvalue weighted by Crippen LogP contribution is -2.33. The Hall–Kier alpha value is -2.52. The predicted octanol–water partition coefficient (Wildman–Crippen LogP) is 4.15. The molecule has 1 aromatic carbocycles. The lowest BCUT2D eigenvalue weighted by molar-refractivity contribution is 0.0991. The van der Waals surface area contributed by atoms with Gasteiger partial charge in [0.1, 0.15) is 23.0 Å². The molecule has 0 aliphatic rings. The van der Waals surface area contributed by atoms with Crippen LogP contribution in [0.4, 0.5) is 24.5 Å². The number of hydrogen-bond acceptors (Lipinski definition) is 5. The number of halogens is 3. The van der Waals surface area contributed by atoms with Crippen molar-refractivity contribution in [2.75, 3.05) is 30.3 Å². The fraction of sp³-hybridized carbons (Fsp3) is 0.455. The smallest absolute Gasteiger partial charge is 0.193 e. The molecule has 0 spiro atoms. The number of methoxy groups -OCH3 is 1. The van der Waals surface area contributed by atoms with Crippen LogP contribution in [0.2, 0.25) is 0 Å². The molecule has 0 aliphatic carbocycles. The van der Waals surface area contributed by atoms with E-state index in [1.165, 1.54) is 13.2 Å². The largest absolute Gasteiger partial charge is 0.494 e. The second kappa shape index (κ2) is 19.0. The quantitative estimate of drug-likeness (QED) is 0.235. The highest BCUT2D eigenvalue weighted by Crippen LogP contribution is 2.38. The first-order chi connectivity index (χ1) is 15.7. The molecule has 2 unspecified atom stereocenters. The van der Waals surface area contributed by atoms with Gasteiger partial charge in [0.25, 0.3) is 0 Å². The van der Waals surface area contributed by atoms with Crippen LogP contribution in [0.5, 0.6) is 5.75 Å². The molecule has 0 radical (unpaired) electrons. The van der Waals surface area contributed by atoms with Gasteiger partial charge in [-0.3, -0.25) is 4.72 Å². The van der Waals surface area contributed by atoms with Crippen LogP contribution in [0, 0.1) is 24.0 Å². The second-order valence-electron chi connectivity index (χ2n) is 5.85. The molecule has 0 amide bonds. The molecule has 0 heterocycles. The van der Waals surface area contributed by atoms with Gasteiger partial charge in [0.2, 0.25) is 0 Å². The zero-order valence-electron chi connectivity index (χ0n) is 19.8. The molecule has 1 rings (SSSR count). The lowest BCUT2D eigenvalue weighted by atomic mass is 10.2. The highest BCUT2D eigenvalue weighted by atomic mass is 32.2. The Morgan fingerprint density at radius 3 is 2.39 bits per heavy atom. The maximum absolute atomic E-state index is 14.4. The summed E-state index contributed by atoms with van der Waals surface area (Å²) in [7, 11) is 1.20. The maximum Gasteiger partial charge on any atom is 0.193 e. The zero-order valence-corrected chi connectivity index (χ0v) is 20.6. The third kappa shape index (κ3) is 12.3. The Morgan fingerprint density at radius 2 is 1.94 bits per heavy atom. The number of benzene rings is 1. The fourth-order valence-corrected chi connectivity index (χ4v) is 2.76. The van der Waals surface area contributed by atoms with Crippen LogP contribution < -0.4 is 19.5 Å². The topological polar surface area (TPSA) is 103 Å².